The molecule has 0 heterocycles. The summed E-state index contributed by atoms with van der Waals surface area (Å²) in [5.74, 6) is -0.963. The van der Waals surface area contributed by atoms with Gasteiger partial charge in [0.1, 0.15) is 0 Å². The monoisotopic (exact) mass is 430 g/mol. The summed E-state index contributed by atoms with van der Waals surface area (Å²) in [4.78, 5) is 23.7. The molecule has 30 heavy (non-hydrogen) atoms. The van der Waals surface area contributed by atoms with Gasteiger partial charge in [0.2, 0.25) is 0 Å². The SMILES string of the molecule is CC(CCCS(=O)CCCC(C)(C(=O)O)c1ccccc1)(C(=O)O)c1ccccc1. The molecule has 2 aromatic carbocycles. The molecular weight excluding hydrogens is 400 g/mol. The molecule has 0 aliphatic rings. The molecule has 6 heteroatoms. The van der Waals surface area contributed by atoms with Gasteiger partial charge in [-0.3, -0.25) is 13.8 Å². The van der Waals surface area contributed by atoms with Crippen molar-refractivity contribution in [1.82, 2.24) is 0 Å². The Morgan fingerprint density at radius 2 is 1.07 bits per heavy atom. The van der Waals surface area contributed by atoms with Crippen molar-refractivity contribution in [1.29, 1.82) is 0 Å². The Balaban J connectivity index is 1.87. The van der Waals surface area contributed by atoms with Crippen LogP contribution in [0.5, 0.6) is 0 Å². The number of carboxylic acids is 2. The average molecular weight is 431 g/mol. The van der Waals surface area contributed by atoms with E-state index in [0.717, 1.165) is 11.1 Å². The first-order valence-electron chi connectivity index (χ1n) is 10.1. The van der Waals surface area contributed by atoms with Crippen LogP contribution in [-0.4, -0.2) is 37.9 Å². The van der Waals surface area contributed by atoms with Crippen molar-refractivity contribution in [3.8, 4) is 0 Å². The zero-order chi connectivity index (χ0) is 22.2. The van der Waals surface area contributed by atoms with Crippen molar-refractivity contribution in [3.05, 3.63) is 71.8 Å². The highest BCUT2D eigenvalue weighted by molar-refractivity contribution is 7.84. The maximum atomic E-state index is 12.4. The average Bonchev–Trinajstić information content (AvgIpc) is 2.74. The Hall–Kier alpha value is -2.47. The van der Waals surface area contributed by atoms with E-state index in [9.17, 15) is 24.0 Å². The zero-order valence-corrected chi connectivity index (χ0v) is 18.4. The van der Waals surface area contributed by atoms with Gasteiger partial charge in [0, 0.05) is 22.3 Å². The molecule has 0 saturated carbocycles. The van der Waals surface area contributed by atoms with Crippen molar-refractivity contribution < 1.29 is 24.0 Å². The first-order valence-corrected chi connectivity index (χ1v) is 11.6. The van der Waals surface area contributed by atoms with E-state index in [1.807, 2.05) is 36.4 Å². The minimum absolute atomic E-state index is 0.398. The fourth-order valence-electron chi connectivity index (χ4n) is 3.64. The third-order valence-corrected chi connectivity index (χ3v) is 7.35. The molecule has 2 N–H and O–H groups in total. The van der Waals surface area contributed by atoms with Crippen molar-refractivity contribution >= 4 is 22.7 Å². The van der Waals surface area contributed by atoms with E-state index in [-0.39, 0.29) is 0 Å². The van der Waals surface area contributed by atoms with Crippen LogP contribution in [0.4, 0.5) is 0 Å². The highest BCUT2D eigenvalue weighted by atomic mass is 32.2. The fourth-order valence-corrected chi connectivity index (χ4v) is 4.77. The lowest BCUT2D eigenvalue weighted by atomic mass is 9.79. The first-order chi connectivity index (χ1) is 14.2. The molecule has 0 bridgehead atoms. The number of rotatable bonds is 12. The van der Waals surface area contributed by atoms with Crippen LogP contribution < -0.4 is 0 Å². The Morgan fingerprint density at radius 3 is 1.37 bits per heavy atom. The van der Waals surface area contributed by atoms with Gasteiger partial charge in [-0.25, -0.2) is 0 Å². The van der Waals surface area contributed by atoms with Gasteiger partial charge in [-0.1, -0.05) is 60.7 Å². The number of carbonyl (C=O) groups is 2. The molecule has 0 aromatic heterocycles. The van der Waals surface area contributed by atoms with Crippen molar-refractivity contribution in [3.63, 3.8) is 0 Å². The number of hydrogen-bond donors (Lipinski definition) is 2. The summed E-state index contributed by atoms with van der Waals surface area (Å²) < 4.78 is 12.4. The second-order valence-corrected chi connectivity index (χ2v) is 9.76. The van der Waals surface area contributed by atoms with Gasteiger partial charge in [-0.2, -0.15) is 0 Å². The van der Waals surface area contributed by atoms with Crippen molar-refractivity contribution in [2.24, 2.45) is 0 Å². The Morgan fingerprint density at radius 1 is 0.733 bits per heavy atom. The Bertz CT molecular complexity index is 796. The Kier molecular flexibility index (Phi) is 8.35. The smallest absolute Gasteiger partial charge is 0.313 e. The standard InChI is InChI=1S/C24H30O5S/c1-23(21(25)26,19-11-5-3-6-12-19)15-9-17-30(29)18-10-16-24(2,22(27)28)20-13-7-4-8-14-20/h3-8,11-14H,9-10,15-18H2,1-2H3,(H,25,26)(H,27,28). The van der Waals surface area contributed by atoms with Crippen LogP contribution in [0, 0.1) is 0 Å². The number of carboxylic acid groups (broad SMARTS) is 2. The Labute approximate surface area is 180 Å². The second kappa shape index (κ2) is 10.5. The highest BCUT2D eigenvalue weighted by Crippen LogP contribution is 2.31. The molecule has 2 aromatic rings. The van der Waals surface area contributed by atoms with E-state index in [0.29, 0.717) is 37.2 Å². The summed E-state index contributed by atoms with van der Waals surface area (Å²) in [5.41, 5.74) is -0.548. The maximum absolute atomic E-state index is 12.4. The van der Waals surface area contributed by atoms with Gasteiger partial charge >= 0.3 is 11.9 Å². The van der Waals surface area contributed by atoms with Crippen LogP contribution in [0.1, 0.15) is 50.7 Å². The third-order valence-electron chi connectivity index (χ3n) is 5.86. The van der Waals surface area contributed by atoms with Gasteiger partial charge in [-0.15, -0.1) is 0 Å². The normalized spacial score (nSPS) is 16.2. The minimum Gasteiger partial charge on any atom is -0.481 e. The largest absolute Gasteiger partial charge is 0.481 e. The van der Waals surface area contributed by atoms with E-state index in [1.165, 1.54) is 0 Å². The lowest BCUT2D eigenvalue weighted by Gasteiger charge is -2.26. The summed E-state index contributed by atoms with van der Waals surface area (Å²) >= 11 is 0. The van der Waals surface area contributed by atoms with Crippen LogP contribution in [0.25, 0.3) is 0 Å². The molecule has 0 fully saturated rings. The summed E-state index contributed by atoms with van der Waals surface area (Å²) in [7, 11) is -1.11. The molecule has 0 radical (unpaired) electrons. The van der Waals surface area contributed by atoms with E-state index in [2.05, 4.69) is 0 Å². The first kappa shape index (κ1) is 23.8. The molecule has 0 saturated heterocycles. The molecule has 0 spiro atoms. The number of hydrogen-bond acceptors (Lipinski definition) is 3. The van der Waals surface area contributed by atoms with Crippen LogP contribution >= 0.6 is 0 Å². The van der Waals surface area contributed by atoms with Crippen molar-refractivity contribution in [2.45, 2.75) is 50.4 Å². The molecule has 2 unspecified atom stereocenters. The summed E-state index contributed by atoms with van der Waals surface area (Å²) in [5, 5.41) is 19.4. The minimum atomic E-state index is -1.11. The molecular formula is C24H30O5S. The van der Waals surface area contributed by atoms with Crippen LogP contribution in [-0.2, 0) is 31.2 Å². The summed E-state index contributed by atoms with van der Waals surface area (Å²) in [6.07, 6.45) is 1.85. The molecule has 2 rings (SSSR count). The molecule has 2 atom stereocenters. The van der Waals surface area contributed by atoms with E-state index >= 15 is 0 Å². The lowest BCUT2D eigenvalue weighted by molar-refractivity contribution is -0.144. The zero-order valence-electron chi connectivity index (χ0n) is 17.5. The van der Waals surface area contributed by atoms with Gasteiger partial charge < -0.3 is 10.2 Å². The summed E-state index contributed by atoms with van der Waals surface area (Å²) in [6.45, 7) is 3.40. The predicted octanol–water partition coefficient (Wildman–Crippen LogP) is 4.38. The van der Waals surface area contributed by atoms with Crippen molar-refractivity contribution in [2.75, 3.05) is 11.5 Å². The quantitative estimate of drug-likeness (QED) is 0.521. The number of aliphatic carboxylic acids is 2. The molecule has 162 valence electrons. The number of benzene rings is 2. The lowest BCUT2D eigenvalue weighted by Crippen LogP contribution is -2.33. The maximum Gasteiger partial charge on any atom is 0.313 e. The highest BCUT2D eigenvalue weighted by Gasteiger charge is 2.35. The van der Waals surface area contributed by atoms with Crippen LogP contribution in [0.15, 0.2) is 60.7 Å². The molecule has 0 aliphatic carbocycles. The fraction of sp³-hybridized carbons (Fsp3) is 0.417. The van der Waals surface area contributed by atoms with E-state index in [1.54, 1.807) is 38.1 Å². The topological polar surface area (TPSA) is 91.7 Å². The summed E-state index contributed by atoms with van der Waals surface area (Å²) in [6, 6.07) is 18.2. The van der Waals surface area contributed by atoms with Gasteiger partial charge in [0.15, 0.2) is 0 Å². The van der Waals surface area contributed by atoms with Gasteiger partial charge in [0.25, 0.3) is 0 Å². The van der Waals surface area contributed by atoms with Crippen LogP contribution in [0.3, 0.4) is 0 Å². The predicted molar refractivity (Wildman–Crippen MR) is 119 cm³/mol. The molecule has 0 aliphatic heterocycles. The van der Waals surface area contributed by atoms with E-state index < -0.39 is 33.6 Å². The molecule has 5 nitrogen and oxygen atoms in total. The molecule has 0 amide bonds. The second-order valence-electron chi connectivity index (χ2n) is 8.06. The third kappa shape index (κ3) is 5.79. The van der Waals surface area contributed by atoms with Crippen LogP contribution in [0.2, 0.25) is 0 Å². The van der Waals surface area contributed by atoms with Gasteiger partial charge in [0.05, 0.1) is 10.8 Å². The van der Waals surface area contributed by atoms with E-state index in [4.69, 9.17) is 0 Å². The van der Waals surface area contributed by atoms with Gasteiger partial charge in [-0.05, 0) is 50.7 Å².